The highest BCUT2D eigenvalue weighted by atomic mass is 35.5. The van der Waals surface area contributed by atoms with Crippen LogP contribution in [-0.2, 0) is 4.79 Å². The number of rotatable bonds is 5. The first-order valence-electron chi connectivity index (χ1n) is 7.95. The van der Waals surface area contributed by atoms with Crippen LogP contribution in [0.1, 0.15) is 16.7 Å². The van der Waals surface area contributed by atoms with Crippen molar-refractivity contribution in [3.05, 3.63) is 63.8 Å². The highest BCUT2D eigenvalue weighted by molar-refractivity contribution is 6.32. The van der Waals surface area contributed by atoms with Gasteiger partial charge in [-0.05, 0) is 50.1 Å². The molecule has 0 saturated heterocycles. The van der Waals surface area contributed by atoms with Gasteiger partial charge in [-0.3, -0.25) is 4.79 Å². The van der Waals surface area contributed by atoms with Gasteiger partial charge in [0.15, 0.2) is 0 Å². The molecule has 1 amide bonds. The van der Waals surface area contributed by atoms with Crippen LogP contribution in [-0.4, -0.2) is 13.0 Å². The average molecular weight is 370 g/mol. The Hall–Kier alpha value is -2.97. The van der Waals surface area contributed by atoms with Crippen LogP contribution in [0.2, 0.25) is 5.02 Å². The molecule has 0 bridgehead atoms. The lowest BCUT2D eigenvalue weighted by Crippen LogP contribution is -2.16. The van der Waals surface area contributed by atoms with Crippen molar-refractivity contribution in [2.45, 2.75) is 20.8 Å². The second-order valence-corrected chi connectivity index (χ2v) is 6.30. The van der Waals surface area contributed by atoms with Crippen LogP contribution in [0.5, 0.6) is 5.75 Å². The van der Waals surface area contributed by atoms with E-state index in [0.29, 0.717) is 22.1 Å². The van der Waals surface area contributed by atoms with Crippen LogP contribution in [0.25, 0.3) is 0 Å². The number of nitrogens with one attached hydrogen (secondary N) is 2. The maximum atomic E-state index is 12.4. The second kappa shape index (κ2) is 8.41. The van der Waals surface area contributed by atoms with E-state index < -0.39 is 5.91 Å². The Bertz CT molecular complexity index is 891. The van der Waals surface area contributed by atoms with E-state index in [1.165, 1.54) is 13.3 Å². The van der Waals surface area contributed by atoms with E-state index >= 15 is 0 Å². The van der Waals surface area contributed by atoms with Gasteiger partial charge in [0.25, 0.3) is 5.91 Å². The number of amides is 1. The Morgan fingerprint density at radius 3 is 2.38 bits per heavy atom. The summed E-state index contributed by atoms with van der Waals surface area (Å²) in [6.45, 7) is 5.84. The number of carbonyl (C=O) groups excluding carboxylic acids is 1. The van der Waals surface area contributed by atoms with Crippen molar-refractivity contribution in [3.63, 3.8) is 0 Å². The topological polar surface area (TPSA) is 74.1 Å². The predicted octanol–water partition coefficient (Wildman–Crippen LogP) is 4.73. The van der Waals surface area contributed by atoms with Crippen molar-refractivity contribution in [1.82, 2.24) is 0 Å². The molecule has 2 aromatic carbocycles. The number of nitrogens with zero attached hydrogens (tertiary/aromatic N) is 1. The van der Waals surface area contributed by atoms with Gasteiger partial charge < -0.3 is 15.4 Å². The second-order valence-electron chi connectivity index (χ2n) is 5.89. The van der Waals surface area contributed by atoms with Crippen molar-refractivity contribution in [2.24, 2.45) is 0 Å². The molecule has 0 unspecified atom stereocenters. The lowest BCUT2D eigenvalue weighted by atomic mass is 10.0. The summed E-state index contributed by atoms with van der Waals surface area (Å²) in [5.41, 5.74) is 4.32. The van der Waals surface area contributed by atoms with Crippen molar-refractivity contribution < 1.29 is 9.53 Å². The van der Waals surface area contributed by atoms with Crippen molar-refractivity contribution in [3.8, 4) is 11.8 Å². The van der Waals surface area contributed by atoms with Crippen LogP contribution in [0.4, 0.5) is 11.4 Å². The molecule has 2 rings (SSSR count). The molecule has 0 radical (unpaired) electrons. The van der Waals surface area contributed by atoms with Gasteiger partial charge >= 0.3 is 0 Å². The summed E-state index contributed by atoms with van der Waals surface area (Å²) in [7, 11) is 1.53. The van der Waals surface area contributed by atoms with E-state index in [0.717, 1.165) is 16.7 Å². The van der Waals surface area contributed by atoms with Gasteiger partial charge in [-0.2, -0.15) is 5.26 Å². The largest absolute Gasteiger partial charge is 0.495 e. The number of hydrogen-bond donors (Lipinski definition) is 2. The third kappa shape index (κ3) is 4.56. The molecule has 2 N–H and O–H groups in total. The number of nitriles is 1. The Labute approximate surface area is 158 Å². The first-order valence-corrected chi connectivity index (χ1v) is 8.33. The van der Waals surface area contributed by atoms with Crippen LogP contribution in [0.3, 0.4) is 0 Å². The van der Waals surface area contributed by atoms with Crippen LogP contribution >= 0.6 is 11.6 Å². The number of aryl methyl sites for hydroxylation is 3. The molecule has 0 aliphatic heterocycles. The Balaban J connectivity index is 2.17. The molecule has 0 fully saturated rings. The maximum absolute atomic E-state index is 12.4. The van der Waals surface area contributed by atoms with Gasteiger partial charge in [-0.1, -0.05) is 29.3 Å². The molecule has 26 heavy (non-hydrogen) atoms. The Morgan fingerprint density at radius 1 is 1.19 bits per heavy atom. The molecular weight excluding hydrogens is 350 g/mol. The molecule has 0 heterocycles. The fourth-order valence-corrected chi connectivity index (χ4v) is 2.88. The molecule has 0 saturated carbocycles. The number of halogens is 1. The van der Waals surface area contributed by atoms with Crippen molar-refractivity contribution >= 4 is 28.9 Å². The molecule has 0 aliphatic rings. The van der Waals surface area contributed by atoms with Gasteiger partial charge in [-0.25, -0.2) is 0 Å². The molecule has 134 valence electrons. The minimum atomic E-state index is -0.477. The van der Waals surface area contributed by atoms with Gasteiger partial charge in [0.1, 0.15) is 17.4 Å². The van der Waals surface area contributed by atoms with E-state index in [9.17, 15) is 10.1 Å². The maximum Gasteiger partial charge on any atom is 0.267 e. The van der Waals surface area contributed by atoms with Gasteiger partial charge in [-0.15, -0.1) is 0 Å². The van der Waals surface area contributed by atoms with E-state index in [-0.39, 0.29) is 5.57 Å². The number of ether oxygens (including phenoxy) is 1. The fourth-order valence-electron chi connectivity index (χ4n) is 2.62. The van der Waals surface area contributed by atoms with Gasteiger partial charge in [0.2, 0.25) is 0 Å². The van der Waals surface area contributed by atoms with E-state index in [4.69, 9.17) is 16.3 Å². The first-order chi connectivity index (χ1) is 12.3. The van der Waals surface area contributed by atoms with Crippen molar-refractivity contribution in [2.75, 3.05) is 17.7 Å². The highest BCUT2D eigenvalue weighted by Crippen LogP contribution is 2.27. The standard InChI is InChI=1S/C20H20ClN3O2/c1-12-7-13(2)19(14(3)8-12)24-20(25)15(10-22)11-23-16-5-6-18(26-4)17(21)9-16/h5-9,11,23H,1-4H3,(H,24,25)/b15-11-. The highest BCUT2D eigenvalue weighted by Gasteiger charge is 2.13. The third-order valence-electron chi connectivity index (χ3n) is 3.82. The van der Waals surface area contributed by atoms with Crippen molar-refractivity contribution in [1.29, 1.82) is 5.26 Å². The molecular formula is C20H20ClN3O2. The number of carbonyl (C=O) groups is 1. The summed E-state index contributed by atoms with van der Waals surface area (Å²) < 4.78 is 5.09. The molecule has 6 heteroatoms. The summed E-state index contributed by atoms with van der Waals surface area (Å²) in [5.74, 6) is 0.0689. The molecule has 0 aliphatic carbocycles. The van der Waals surface area contributed by atoms with E-state index in [1.807, 2.05) is 39.0 Å². The first kappa shape index (κ1) is 19.4. The molecule has 0 atom stereocenters. The molecule has 5 nitrogen and oxygen atoms in total. The summed E-state index contributed by atoms with van der Waals surface area (Å²) in [4.78, 5) is 12.4. The Morgan fingerprint density at radius 2 is 1.85 bits per heavy atom. The summed E-state index contributed by atoms with van der Waals surface area (Å²) in [5, 5.41) is 15.5. The number of methoxy groups -OCH3 is 1. The van der Waals surface area contributed by atoms with Gasteiger partial charge in [0, 0.05) is 17.6 Å². The zero-order valence-electron chi connectivity index (χ0n) is 15.1. The van der Waals surface area contributed by atoms with Crippen LogP contribution < -0.4 is 15.4 Å². The van der Waals surface area contributed by atoms with E-state index in [1.54, 1.807) is 18.2 Å². The summed E-state index contributed by atoms with van der Waals surface area (Å²) >= 11 is 6.07. The minimum absolute atomic E-state index is 0.0451. The minimum Gasteiger partial charge on any atom is -0.495 e. The smallest absolute Gasteiger partial charge is 0.267 e. The molecule has 2 aromatic rings. The lowest BCUT2D eigenvalue weighted by Gasteiger charge is -2.12. The Kier molecular flexibility index (Phi) is 6.26. The number of hydrogen-bond acceptors (Lipinski definition) is 4. The third-order valence-corrected chi connectivity index (χ3v) is 4.11. The average Bonchev–Trinajstić information content (AvgIpc) is 2.58. The molecule has 0 aromatic heterocycles. The summed E-state index contributed by atoms with van der Waals surface area (Å²) in [6.07, 6.45) is 1.35. The quantitative estimate of drug-likeness (QED) is 0.590. The predicted molar refractivity (Wildman–Crippen MR) is 105 cm³/mol. The van der Waals surface area contributed by atoms with Gasteiger partial charge in [0.05, 0.1) is 12.1 Å². The lowest BCUT2D eigenvalue weighted by molar-refractivity contribution is -0.112. The van der Waals surface area contributed by atoms with Crippen LogP contribution in [0.15, 0.2) is 42.1 Å². The van der Waals surface area contributed by atoms with Crippen LogP contribution in [0, 0.1) is 32.1 Å². The zero-order chi connectivity index (χ0) is 19.3. The fraction of sp³-hybridized carbons (Fsp3) is 0.200. The molecule has 0 spiro atoms. The van der Waals surface area contributed by atoms with E-state index in [2.05, 4.69) is 10.6 Å². The summed E-state index contributed by atoms with van der Waals surface area (Å²) in [6, 6.07) is 11.0. The monoisotopic (exact) mass is 369 g/mol. The number of benzene rings is 2. The normalized spacial score (nSPS) is 10.8. The number of anilines is 2. The zero-order valence-corrected chi connectivity index (χ0v) is 15.9. The SMILES string of the molecule is COc1ccc(N/C=C(/C#N)C(=O)Nc2c(C)cc(C)cc2C)cc1Cl.